The predicted molar refractivity (Wildman–Crippen MR) is 85.0 cm³/mol. The molecule has 0 radical (unpaired) electrons. The van der Waals surface area contributed by atoms with Crippen LogP contribution in [0, 0.1) is 0 Å². The first-order valence-electron chi connectivity index (χ1n) is 6.73. The highest BCUT2D eigenvalue weighted by Gasteiger charge is 2.32. The molecule has 1 unspecified atom stereocenters. The molecule has 0 aliphatic rings. The fraction of sp³-hybridized carbons (Fsp3) is 0.533. The van der Waals surface area contributed by atoms with Crippen LogP contribution >= 0.6 is 23.2 Å². The van der Waals surface area contributed by atoms with Crippen LogP contribution in [0.1, 0.15) is 39.7 Å². The molecule has 0 spiro atoms. The fourth-order valence-corrected chi connectivity index (χ4v) is 2.12. The number of halogens is 2. The first-order chi connectivity index (χ1) is 9.19. The van der Waals surface area contributed by atoms with E-state index in [2.05, 4.69) is 0 Å². The summed E-state index contributed by atoms with van der Waals surface area (Å²) in [7, 11) is 0. The molecule has 0 heterocycles. The van der Waals surface area contributed by atoms with Gasteiger partial charge >= 0.3 is 0 Å². The van der Waals surface area contributed by atoms with Crippen LogP contribution in [0.15, 0.2) is 18.2 Å². The van der Waals surface area contributed by atoms with E-state index in [-0.39, 0.29) is 11.9 Å². The zero-order chi connectivity index (χ0) is 15.5. The van der Waals surface area contributed by atoms with Crippen molar-refractivity contribution in [3.63, 3.8) is 0 Å². The largest absolute Gasteiger partial charge is 0.334 e. The Labute approximate surface area is 131 Å². The van der Waals surface area contributed by atoms with Gasteiger partial charge in [-0.05, 0) is 44.9 Å². The summed E-state index contributed by atoms with van der Waals surface area (Å²) in [6.07, 6.45) is 0.594. The standard InChI is InChI=1S/C15H22Cl2N2O/c1-5-15(4,18)14(20)19(10(2)3)9-11-6-7-12(16)13(17)8-11/h6-8,10H,5,9,18H2,1-4H3. The van der Waals surface area contributed by atoms with Gasteiger partial charge in [0.05, 0.1) is 15.6 Å². The summed E-state index contributed by atoms with van der Waals surface area (Å²) in [6.45, 7) is 8.09. The zero-order valence-electron chi connectivity index (χ0n) is 12.4. The van der Waals surface area contributed by atoms with Gasteiger partial charge in [0.25, 0.3) is 0 Å². The number of carbonyl (C=O) groups is 1. The predicted octanol–water partition coefficient (Wildman–Crippen LogP) is 3.86. The number of nitrogens with two attached hydrogens (primary N) is 1. The summed E-state index contributed by atoms with van der Waals surface area (Å²) < 4.78 is 0. The number of hydrogen-bond acceptors (Lipinski definition) is 2. The lowest BCUT2D eigenvalue weighted by Crippen LogP contribution is -2.54. The third kappa shape index (κ3) is 4.11. The minimum Gasteiger partial charge on any atom is -0.334 e. The van der Waals surface area contributed by atoms with Crippen LogP contribution in [0.4, 0.5) is 0 Å². The normalized spacial score (nSPS) is 14.2. The maximum Gasteiger partial charge on any atom is 0.242 e. The number of amides is 1. The molecule has 1 atom stereocenters. The molecule has 0 aliphatic carbocycles. The van der Waals surface area contributed by atoms with Crippen molar-refractivity contribution >= 4 is 29.1 Å². The number of rotatable bonds is 5. The van der Waals surface area contributed by atoms with E-state index < -0.39 is 5.54 Å². The molecule has 1 aromatic carbocycles. The van der Waals surface area contributed by atoms with Gasteiger partial charge in [-0.25, -0.2) is 0 Å². The van der Waals surface area contributed by atoms with Gasteiger partial charge in [0.15, 0.2) is 0 Å². The highest BCUT2D eigenvalue weighted by molar-refractivity contribution is 6.42. The summed E-state index contributed by atoms with van der Waals surface area (Å²) in [6, 6.07) is 5.46. The highest BCUT2D eigenvalue weighted by atomic mass is 35.5. The van der Waals surface area contributed by atoms with Gasteiger partial charge in [-0.1, -0.05) is 36.2 Å². The van der Waals surface area contributed by atoms with Crippen LogP contribution in [-0.2, 0) is 11.3 Å². The Bertz CT molecular complexity index is 487. The van der Waals surface area contributed by atoms with E-state index in [0.29, 0.717) is 23.0 Å². The number of carbonyl (C=O) groups excluding carboxylic acids is 1. The van der Waals surface area contributed by atoms with Crippen LogP contribution in [0.5, 0.6) is 0 Å². The number of hydrogen-bond donors (Lipinski definition) is 1. The highest BCUT2D eigenvalue weighted by Crippen LogP contribution is 2.24. The molecule has 2 N–H and O–H groups in total. The fourth-order valence-electron chi connectivity index (χ4n) is 1.80. The van der Waals surface area contributed by atoms with Crippen molar-refractivity contribution in [2.45, 2.75) is 52.2 Å². The van der Waals surface area contributed by atoms with Crippen LogP contribution in [0.25, 0.3) is 0 Å². The molecule has 0 saturated carbocycles. The lowest BCUT2D eigenvalue weighted by molar-refractivity contribution is -0.139. The van der Waals surface area contributed by atoms with Crippen molar-refractivity contribution in [3.8, 4) is 0 Å². The summed E-state index contributed by atoms with van der Waals surface area (Å²) in [4.78, 5) is 14.3. The van der Waals surface area contributed by atoms with Crippen LogP contribution in [0.2, 0.25) is 10.0 Å². The third-order valence-corrected chi connectivity index (χ3v) is 4.18. The third-order valence-electron chi connectivity index (χ3n) is 3.44. The van der Waals surface area contributed by atoms with Crippen LogP contribution in [0.3, 0.4) is 0 Å². The maximum absolute atomic E-state index is 12.5. The second-order valence-corrected chi connectivity index (χ2v) is 6.36. The Morgan fingerprint density at radius 2 is 1.95 bits per heavy atom. The quantitative estimate of drug-likeness (QED) is 0.896. The summed E-state index contributed by atoms with van der Waals surface area (Å²) in [5.74, 6) is -0.0546. The van der Waals surface area contributed by atoms with Crippen LogP contribution in [-0.4, -0.2) is 22.4 Å². The molecule has 0 aliphatic heterocycles. The molecular weight excluding hydrogens is 295 g/mol. The molecule has 112 valence electrons. The van der Waals surface area contributed by atoms with E-state index in [0.717, 1.165) is 5.56 Å². The lowest BCUT2D eigenvalue weighted by Gasteiger charge is -2.34. The lowest BCUT2D eigenvalue weighted by atomic mass is 9.97. The van der Waals surface area contributed by atoms with E-state index in [1.165, 1.54) is 0 Å². The molecule has 0 aromatic heterocycles. The molecular formula is C15H22Cl2N2O. The average molecular weight is 317 g/mol. The minimum absolute atomic E-state index is 0.0546. The van der Waals surface area contributed by atoms with Gasteiger partial charge in [0.1, 0.15) is 0 Å². The molecule has 0 saturated heterocycles. The Kier molecular flexibility index (Phi) is 5.87. The van der Waals surface area contributed by atoms with Crippen molar-refractivity contribution in [2.24, 2.45) is 5.73 Å². The molecule has 1 amide bonds. The molecule has 1 rings (SSSR count). The number of nitrogens with zero attached hydrogens (tertiary/aromatic N) is 1. The first-order valence-corrected chi connectivity index (χ1v) is 7.48. The first kappa shape index (κ1) is 17.3. The van der Waals surface area contributed by atoms with Crippen molar-refractivity contribution in [1.82, 2.24) is 4.90 Å². The van der Waals surface area contributed by atoms with E-state index in [1.54, 1.807) is 24.0 Å². The monoisotopic (exact) mass is 316 g/mol. The minimum atomic E-state index is -0.847. The SMILES string of the molecule is CCC(C)(N)C(=O)N(Cc1ccc(Cl)c(Cl)c1)C(C)C. The van der Waals surface area contributed by atoms with Crippen LogP contribution < -0.4 is 5.73 Å². The van der Waals surface area contributed by atoms with Gasteiger partial charge in [-0.15, -0.1) is 0 Å². The van der Waals surface area contributed by atoms with Crippen molar-refractivity contribution in [2.75, 3.05) is 0 Å². The second-order valence-electron chi connectivity index (χ2n) is 5.55. The average Bonchev–Trinajstić information content (AvgIpc) is 2.38. The summed E-state index contributed by atoms with van der Waals surface area (Å²) in [5, 5.41) is 1.00. The number of benzene rings is 1. The van der Waals surface area contributed by atoms with Crippen molar-refractivity contribution < 1.29 is 4.79 Å². The van der Waals surface area contributed by atoms with Gasteiger partial charge in [0.2, 0.25) is 5.91 Å². The van der Waals surface area contributed by atoms with Gasteiger partial charge in [0, 0.05) is 12.6 Å². The Balaban J connectivity index is 2.98. The van der Waals surface area contributed by atoms with E-state index >= 15 is 0 Å². The van der Waals surface area contributed by atoms with E-state index in [9.17, 15) is 4.79 Å². The Morgan fingerprint density at radius 1 is 1.35 bits per heavy atom. The molecule has 3 nitrogen and oxygen atoms in total. The molecule has 0 bridgehead atoms. The Morgan fingerprint density at radius 3 is 2.40 bits per heavy atom. The molecule has 1 aromatic rings. The second kappa shape index (κ2) is 6.79. The summed E-state index contributed by atoms with van der Waals surface area (Å²) in [5.41, 5.74) is 6.16. The van der Waals surface area contributed by atoms with E-state index in [1.807, 2.05) is 26.8 Å². The van der Waals surface area contributed by atoms with Crippen molar-refractivity contribution in [3.05, 3.63) is 33.8 Å². The zero-order valence-corrected chi connectivity index (χ0v) is 13.9. The smallest absolute Gasteiger partial charge is 0.242 e. The molecule has 0 fully saturated rings. The molecule has 5 heteroatoms. The van der Waals surface area contributed by atoms with E-state index in [4.69, 9.17) is 28.9 Å². The summed E-state index contributed by atoms with van der Waals surface area (Å²) >= 11 is 11.9. The van der Waals surface area contributed by atoms with Gasteiger partial charge in [-0.3, -0.25) is 4.79 Å². The van der Waals surface area contributed by atoms with Crippen molar-refractivity contribution in [1.29, 1.82) is 0 Å². The van der Waals surface area contributed by atoms with Gasteiger partial charge in [-0.2, -0.15) is 0 Å². The Hall–Kier alpha value is -0.770. The maximum atomic E-state index is 12.5. The van der Waals surface area contributed by atoms with Gasteiger partial charge < -0.3 is 10.6 Å². The molecule has 20 heavy (non-hydrogen) atoms. The topological polar surface area (TPSA) is 46.3 Å².